The van der Waals surface area contributed by atoms with Gasteiger partial charge in [-0.1, -0.05) is 11.6 Å². The number of fused-ring (bicyclic) bond motifs is 2. The van der Waals surface area contributed by atoms with Crippen LogP contribution in [0.4, 0.5) is 5.69 Å². The molecule has 1 aromatic carbocycles. The van der Waals surface area contributed by atoms with Crippen LogP contribution in [0.15, 0.2) is 18.2 Å². The summed E-state index contributed by atoms with van der Waals surface area (Å²) in [4.78, 5) is 2.30. The van der Waals surface area contributed by atoms with E-state index in [0.717, 1.165) is 31.4 Å². The van der Waals surface area contributed by atoms with E-state index in [2.05, 4.69) is 11.0 Å². The average Bonchev–Trinajstić information content (AvgIpc) is 2.61. The molecule has 18 heavy (non-hydrogen) atoms. The maximum atomic E-state index is 9.82. The van der Waals surface area contributed by atoms with Gasteiger partial charge in [0.25, 0.3) is 0 Å². The number of aliphatic hydroxyl groups is 1. The van der Waals surface area contributed by atoms with Gasteiger partial charge in [0.2, 0.25) is 0 Å². The Morgan fingerprint density at radius 3 is 2.56 bits per heavy atom. The molecule has 2 unspecified atom stereocenters. The summed E-state index contributed by atoms with van der Waals surface area (Å²) in [5.74, 6) is 0. The highest BCUT2D eigenvalue weighted by Crippen LogP contribution is 2.41. The van der Waals surface area contributed by atoms with E-state index in [1.54, 1.807) is 12.1 Å². The first-order chi connectivity index (χ1) is 8.69. The summed E-state index contributed by atoms with van der Waals surface area (Å²) in [6.07, 6.45) is 3.60. The van der Waals surface area contributed by atoms with E-state index >= 15 is 0 Å². The van der Waals surface area contributed by atoms with Crippen molar-refractivity contribution in [3.63, 3.8) is 0 Å². The molecule has 3 nitrogen and oxygen atoms in total. The summed E-state index contributed by atoms with van der Waals surface area (Å²) in [5.41, 5.74) is 1.61. The zero-order valence-electron chi connectivity index (χ0n) is 10.0. The number of benzene rings is 1. The van der Waals surface area contributed by atoms with Crippen molar-refractivity contribution in [3.05, 3.63) is 28.8 Å². The van der Waals surface area contributed by atoms with E-state index in [1.165, 1.54) is 0 Å². The average molecular weight is 263 g/mol. The number of nitriles is 1. The number of rotatable bonds is 1. The smallest absolute Gasteiger partial charge is 0.101 e. The summed E-state index contributed by atoms with van der Waals surface area (Å²) in [6, 6.07) is 8.35. The van der Waals surface area contributed by atoms with E-state index < -0.39 is 0 Å². The lowest BCUT2D eigenvalue weighted by Crippen LogP contribution is -2.45. The molecule has 0 radical (unpaired) electrons. The summed E-state index contributed by atoms with van der Waals surface area (Å²) < 4.78 is 0. The molecule has 1 N–H and O–H groups in total. The first-order valence-electron chi connectivity index (χ1n) is 6.35. The van der Waals surface area contributed by atoms with Crippen LogP contribution in [0.25, 0.3) is 0 Å². The molecule has 2 bridgehead atoms. The molecule has 2 aliphatic rings. The Kier molecular flexibility index (Phi) is 2.93. The molecule has 2 atom stereocenters. The second-order valence-electron chi connectivity index (χ2n) is 5.19. The van der Waals surface area contributed by atoms with E-state index in [0.29, 0.717) is 22.7 Å². The van der Waals surface area contributed by atoms with Crippen LogP contribution in [0.3, 0.4) is 0 Å². The van der Waals surface area contributed by atoms with Crippen molar-refractivity contribution >= 4 is 17.3 Å². The normalized spacial score (nSPS) is 30.3. The van der Waals surface area contributed by atoms with Crippen LogP contribution < -0.4 is 4.90 Å². The van der Waals surface area contributed by atoms with Gasteiger partial charge in [-0.2, -0.15) is 5.26 Å². The van der Waals surface area contributed by atoms with Gasteiger partial charge in [-0.3, -0.25) is 0 Å². The molecule has 94 valence electrons. The van der Waals surface area contributed by atoms with Crippen molar-refractivity contribution in [1.82, 2.24) is 0 Å². The lowest BCUT2D eigenvalue weighted by atomic mass is 9.98. The van der Waals surface area contributed by atoms with E-state index in [4.69, 9.17) is 11.6 Å². The maximum Gasteiger partial charge on any atom is 0.101 e. The Morgan fingerprint density at radius 2 is 1.94 bits per heavy atom. The van der Waals surface area contributed by atoms with Crippen molar-refractivity contribution in [2.45, 2.75) is 43.9 Å². The minimum Gasteiger partial charge on any atom is -0.393 e. The summed E-state index contributed by atoms with van der Waals surface area (Å²) in [6.45, 7) is 0. The number of anilines is 1. The minimum atomic E-state index is -0.191. The number of aliphatic hydroxyl groups excluding tert-OH is 1. The van der Waals surface area contributed by atoms with Crippen molar-refractivity contribution in [1.29, 1.82) is 5.26 Å². The van der Waals surface area contributed by atoms with Crippen LogP contribution in [-0.2, 0) is 0 Å². The molecule has 1 aromatic rings. The van der Waals surface area contributed by atoms with Crippen LogP contribution in [0, 0.1) is 11.3 Å². The molecular weight excluding hydrogens is 248 g/mol. The maximum absolute atomic E-state index is 9.82. The molecule has 0 spiro atoms. The van der Waals surface area contributed by atoms with Gasteiger partial charge in [-0.25, -0.2) is 0 Å². The van der Waals surface area contributed by atoms with Crippen molar-refractivity contribution in [2.75, 3.05) is 4.90 Å². The molecule has 0 aliphatic carbocycles. The molecule has 2 saturated heterocycles. The zero-order valence-corrected chi connectivity index (χ0v) is 10.8. The fraction of sp³-hybridized carbons (Fsp3) is 0.500. The Morgan fingerprint density at radius 1 is 1.28 bits per heavy atom. The minimum absolute atomic E-state index is 0.191. The monoisotopic (exact) mass is 262 g/mol. The molecule has 0 saturated carbocycles. The molecule has 2 aliphatic heterocycles. The number of nitrogens with zero attached hydrogens (tertiary/aromatic N) is 2. The standard InChI is InChI=1S/C14H15ClN2O/c15-10-2-1-9(8-16)14(5-10)17-11-3-4-12(17)7-13(18)6-11/h1-2,5,11-13,18H,3-4,6-7H2. The van der Waals surface area contributed by atoms with E-state index in [9.17, 15) is 10.4 Å². The molecule has 0 aromatic heterocycles. The third kappa shape index (κ3) is 1.86. The first-order valence-corrected chi connectivity index (χ1v) is 6.73. The Labute approximate surface area is 112 Å². The van der Waals surface area contributed by atoms with Crippen LogP contribution in [0.2, 0.25) is 5.02 Å². The van der Waals surface area contributed by atoms with Gasteiger partial charge in [-0.05, 0) is 43.9 Å². The third-order valence-electron chi connectivity index (χ3n) is 4.07. The van der Waals surface area contributed by atoms with Crippen LogP contribution in [0.1, 0.15) is 31.2 Å². The van der Waals surface area contributed by atoms with Crippen molar-refractivity contribution in [3.8, 4) is 6.07 Å². The van der Waals surface area contributed by atoms with Crippen LogP contribution in [-0.4, -0.2) is 23.3 Å². The summed E-state index contributed by atoms with van der Waals surface area (Å²) in [7, 11) is 0. The molecule has 4 heteroatoms. The van der Waals surface area contributed by atoms with E-state index in [1.807, 2.05) is 6.07 Å². The fourth-order valence-electron chi connectivity index (χ4n) is 3.35. The largest absolute Gasteiger partial charge is 0.393 e. The van der Waals surface area contributed by atoms with Gasteiger partial charge in [0.1, 0.15) is 6.07 Å². The third-order valence-corrected chi connectivity index (χ3v) is 4.30. The number of hydrogen-bond donors (Lipinski definition) is 1. The summed E-state index contributed by atoms with van der Waals surface area (Å²) in [5, 5.41) is 19.7. The highest BCUT2D eigenvalue weighted by atomic mass is 35.5. The SMILES string of the molecule is N#Cc1ccc(Cl)cc1N1C2CCC1CC(O)C2. The van der Waals surface area contributed by atoms with Gasteiger partial charge >= 0.3 is 0 Å². The predicted molar refractivity (Wildman–Crippen MR) is 70.7 cm³/mol. The lowest BCUT2D eigenvalue weighted by molar-refractivity contribution is 0.126. The Bertz CT molecular complexity index is 497. The van der Waals surface area contributed by atoms with Gasteiger partial charge < -0.3 is 10.0 Å². The molecule has 2 fully saturated rings. The molecular formula is C14H15ClN2O. The predicted octanol–water partition coefficient (Wildman–Crippen LogP) is 2.70. The van der Waals surface area contributed by atoms with Crippen LogP contribution >= 0.6 is 11.6 Å². The van der Waals surface area contributed by atoms with Crippen LogP contribution in [0.5, 0.6) is 0 Å². The van der Waals surface area contributed by atoms with Gasteiger partial charge in [0, 0.05) is 17.1 Å². The van der Waals surface area contributed by atoms with Gasteiger partial charge in [0.05, 0.1) is 17.4 Å². The Balaban J connectivity index is 2.01. The fourth-order valence-corrected chi connectivity index (χ4v) is 3.52. The molecule has 2 heterocycles. The number of hydrogen-bond acceptors (Lipinski definition) is 3. The second-order valence-corrected chi connectivity index (χ2v) is 5.63. The first kappa shape index (κ1) is 11.8. The zero-order chi connectivity index (χ0) is 12.7. The lowest BCUT2D eigenvalue weighted by Gasteiger charge is -2.39. The second kappa shape index (κ2) is 4.46. The number of piperidine rings is 1. The summed E-state index contributed by atoms with van der Waals surface area (Å²) >= 11 is 6.05. The topological polar surface area (TPSA) is 47.3 Å². The van der Waals surface area contributed by atoms with Gasteiger partial charge in [-0.15, -0.1) is 0 Å². The highest BCUT2D eigenvalue weighted by Gasteiger charge is 2.40. The number of halogens is 1. The molecule has 3 rings (SSSR count). The quantitative estimate of drug-likeness (QED) is 0.847. The highest BCUT2D eigenvalue weighted by molar-refractivity contribution is 6.30. The van der Waals surface area contributed by atoms with Gasteiger partial charge in [0.15, 0.2) is 0 Å². The molecule has 0 amide bonds. The van der Waals surface area contributed by atoms with Crippen molar-refractivity contribution < 1.29 is 5.11 Å². The van der Waals surface area contributed by atoms with E-state index in [-0.39, 0.29) is 6.10 Å². The van der Waals surface area contributed by atoms with Crippen molar-refractivity contribution in [2.24, 2.45) is 0 Å². The Hall–Kier alpha value is -1.24.